The van der Waals surface area contributed by atoms with Crippen LogP contribution in [-0.2, 0) is 23.7 Å². The van der Waals surface area contributed by atoms with Crippen LogP contribution in [0, 0.1) is 5.92 Å². The summed E-state index contributed by atoms with van der Waals surface area (Å²) in [7, 11) is 1.57. The molecule has 1 saturated carbocycles. The summed E-state index contributed by atoms with van der Waals surface area (Å²) in [5.41, 5.74) is -2.07. The molecular weight excluding hydrogens is 420 g/mol. The van der Waals surface area contributed by atoms with Crippen LogP contribution >= 0.6 is 0 Å². The van der Waals surface area contributed by atoms with E-state index in [0.717, 1.165) is 11.3 Å². The van der Waals surface area contributed by atoms with E-state index in [4.69, 9.17) is 18.9 Å². The molecule has 0 radical (unpaired) electrons. The van der Waals surface area contributed by atoms with E-state index in [9.17, 15) is 19.1 Å². The Hall–Kier alpha value is -0.710. The molecule has 0 unspecified atom stereocenters. The third kappa shape index (κ3) is 4.42. The van der Waals surface area contributed by atoms with E-state index in [1.165, 1.54) is 5.57 Å². The number of carbonyl (C=O) groups excluding carboxylic acids is 2. The molecule has 1 aliphatic carbocycles. The van der Waals surface area contributed by atoms with Crippen molar-refractivity contribution in [2.45, 2.75) is 75.2 Å². The van der Waals surface area contributed by atoms with Gasteiger partial charge in [0.2, 0.25) is 0 Å². The smallest absolute Gasteiger partial charge is 0.547 e. The van der Waals surface area contributed by atoms with E-state index in [2.05, 4.69) is 6.08 Å². The van der Waals surface area contributed by atoms with Gasteiger partial charge in [-0.2, -0.15) is 0 Å². The van der Waals surface area contributed by atoms with Gasteiger partial charge in [-0.25, -0.2) is 9.18 Å². The molecule has 31 heavy (non-hydrogen) atoms. The molecule has 1 spiro atoms. The molecule has 3 aliphatic heterocycles. The van der Waals surface area contributed by atoms with Crippen molar-refractivity contribution in [2.24, 2.45) is 5.92 Å². The molecule has 10 heteroatoms. The first-order valence-corrected chi connectivity index (χ1v) is 10.4. The molecular formula is C21H29FNNaO7. The van der Waals surface area contributed by atoms with Gasteiger partial charge in [0.1, 0.15) is 23.4 Å². The molecule has 3 heterocycles. The summed E-state index contributed by atoms with van der Waals surface area (Å²) in [6, 6.07) is 0. The summed E-state index contributed by atoms with van der Waals surface area (Å²) >= 11 is 0. The Bertz CT molecular complexity index is 763. The van der Waals surface area contributed by atoms with Crippen LogP contribution in [0.25, 0.3) is 0 Å². The second kappa shape index (κ2) is 8.57. The average molecular weight is 449 g/mol. The van der Waals surface area contributed by atoms with Crippen molar-refractivity contribution in [2.75, 3.05) is 26.8 Å². The summed E-state index contributed by atoms with van der Waals surface area (Å²) in [4.78, 5) is 24.3. The number of amides is 1. The zero-order chi connectivity index (χ0) is 21.9. The number of epoxide rings is 2. The number of nitrogens with zero attached hydrogens (tertiary/aromatic N) is 1. The number of halogens is 1. The molecule has 0 aromatic heterocycles. The third-order valence-corrected chi connectivity index (χ3v) is 7.00. The Morgan fingerprint density at radius 2 is 1.97 bits per heavy atom. The molecule has 0 aromatic rings. The maximum Gasteiger partial charge on any atom is 1.00 e. The van der Waals surface area contributed by atoms with Crippen LogP contribution in [0.1, 0.15) is 40.0 Å². The first-order valence-electron chi connectivity index (χ1n) is 10.4. The van der Waals surface area contributed by atoms with E-state index >= 15 is 0 Å². The van der Waals surface area contributed by atoms with Crippen LogP contribution in [0.4, 0.5) is 9.18 Å². The number of carboxylic acids is 1. The second-order valence-electron chi connectivity index (χ2n) is 9.41. The minimum atomic E-state index is -2.51. The normalized spacial score (nSPS) is 39.7. The van der Waals surface area contributed by atoms with E-state index in [1.54, 1.807) is 7.11 Å². The van der Waals surface area contributed by atoms with E-state index in [1.807, 2.05) is 20.8 Å². The van der Waals surface area contributed by atoms with Crippen molar-refractivity contribution in [3.05, 3.63) is 11.6 Å². The predicted molar refractivity (Wildman–Crippen MR) is 100 cm³/mol. The number of likely N-dealkylation sites (tertiary alicyclic amines) is 1. The molecule has 1 amide bonds. The summed E-state index contributed by atoms with van der Waals surface area (Å²) in [6.07, 6.45) is 2.49. The van der Waals surface area contributed by atoms with Crippen LogP contribution in [0.15, 0.2) is 11.6 Å². The first kappa shape index (κ1) is 24.9. The molecule has 0 N–H and O–H groups in total. The largest absolute Gasteiger partial charge is 1.00 e. The number of aliphatic carboxylic acids is 1. The fourth-order valence-corrected chi connectivity index (χ4v) is 5.09. The minimum absolute atomic E-state index is 0. The van der Waals surface area contributed by atoms with E-state index in [-0.39, 0.29) is 47.2 Å². The van der Waals surface area contributed by atoms with Crippen LogP contribution < -0.4 is 34.7 Å². The fraction of sp³-hybridized carbons (Fsp3) is 0.810. The number of hydrogen-bond acceptors (Lipinski definition) is 7. The third-order valence-electron chi connectivity index (χ3n) is 7.00. The van der Waals surface area contributed by atoms with Crippen molar-refractivity contribution in [3.8, 4) is 0 Å². The quantitative estimate of drug-likeness (QED) is 0.262. The SMILES string of the molecule is CO[C@@H]1[C@H](OC(=O)N2CC(F)(C(=O)[O-])C2)CC[C@]2(CO2)[C@H]1[C@@]1(C)O[C@@H]1CC=C(C)C.[Na+]. The number of ether oxygens (including phenoxy) is 4. The Morgan fingerprint density at radius 1 is 1.32 bits per heavy atom. The van der Waals surface area contributed by atoms with Gasteiger partial charge in [-0.1, -0.05) is 11.6 Å². The number of methoxy groups -OCH3 is 1. The standard InChI is InChI=1S/C21H30FNO7.Na/c1-12(2)5-6-14-19(3,30-14)16-15(27-4)13(7-8-21(16)11-28-21)29-18(26)23-9-20(22,10-23)17(24)25;/h5,13-16H,6-11H2,1-4H3,(H,24,25);/q;+1/p-1/t13-,14-,15-,16-,19+,21+;/m1./s1. The maximum atomic E-state index is 13.9. The molecule has 4 aliphatic rings. The topological polar surface area (TPSA) is 104 Å². The van der Waals surface area contributed by atoms with Gasteiger partial charge in [0.15, 0.2) is 5.67 Å². The van der Waals surface area contributed by atoms with Gasteiger partial charge in [-0.05, 0) is 40.0 Å². The fourth-order valence-electron chi connectivity index (χ4n) is 5.09. The molecule has 8 nitrogen and oxygen atoms in total. The second-order valence-corrected chi connectivity index (χ2v) is 9.41. The number of allylic oxidation sites excluding steroid dienone is 1. The number of alkyl halides is 1. The molecule has 6 atom stereocenters. The minimum Gasteiger partial charge on any atom is -0.547 e. The Kier molecular flexibility index (Phi) is 6.89. The molecule has 168 valence electrons. The van der Waals surface area contributed by atoms with Gasteiger partial charge in [-0.3, -0.25) is 0 Å². The summed E-state index contributed by atoms with van der Waals surface area (Å²) in [6.45, 7) is 5.62. The van der Waals surface area contributed by atoms with Crippen LogP contribution in [0.3, 0.4) is 0 Å². The van der Waals surface area contributed by atoms with Gasteiger partial charge in [0.05, 0.1) is 37.7 Å². The Morgan fingerprint density at radius 3 is 2.48 bits per heavy atom. The van der Waals surface area contributed by atoms with Crippen molar-refractivity contribution in [3.63, 3.8) is 0 Å². The summed E-state index contributed by atoms with van der Waals surface area (Å²) in [5, 5.41) is 10.8. The van der Waals surface area contributed by atoms with Crippen LogP contribution in [-0.4, -0.2) is 79.0 Å². The Labute approximate surface area is 203 Å². The maximum absolute atomic E-state index is 13.9. The van der Waals surface area contributed by atoms with Crippen molar-refractivity contribution < 1.29 is 67.6 Å². The average Bonchev–Trinajstić information content (AvgIpc) is 3.56. The number of hydrogen-bond donors (Lipinski definition) is 0. The van der Waals surface area contributed by atoms with Crippen LogP contribution in [0.2, 0.25) is 0 Å². The molecule has 4 fully saturated rings. The molecule has 3 saturated heterocycles. The summed E-state index contributed by atoms with van der Waals surface area (Å²) in [5.74, 6) is -1.93. The monoisotopic (exact) mass is 449 g/mol. The van der Waals surface area contributed by atoms with E-state index in [0.29, 0.717) is 19.4 Å². The zero-order valence-corrected chi connectivity index (χ0v) is 20.8. The van der Waals surface area contributed by atoms with Crippen molar-refractivity contribution in [1.29, 1.82) is 0 Å². The van der Waals surface area contributed by atoms with Crippen molar-refractivity contribution in [1.82, 2.24) is 4.90 Å². The number of carbonyl (C=O) groups is 2. The van der Waals surface area contributed by atoms with Crippen LogP contribution in [0.5, 0.6) is 0 Å². The van der Waals surface area contributed by atoms with Gasteiger partial charge < -0.3 is 33.7 Å². The van der Waals surface area contributed by atoms with Gasteiger partial charge in [-0.15, -0.1) is 0 Å². The zero-order valence-electron chi connectivity index (χ0n) is 18.8. The van der Waals surface area contributed by atoms with Gasteiger partial charge >= 0.3 is 35.7 Å². The van der Waals surface area contributed by atoms with E-state index < -0.39 is 48.6 Å². The van der Waals surface area contributed by atoms with Crippen molar-refractivity contribution >= 4 is 12.1 Å². The summed E-state index contributed by atoms with van der Waals surface area (Å²) < 4.78 is 37.3. The number of carboxylic acid groups (broad SMARTS) is 1. The Balaban J connectivity index is 0.00000272. The van der Waals surface area contributed by atoms with Gasteiger partial charge in [0, 0.05) is 7.11 Å². The first-order chi connectivity index (χ1) is 14.0. The predicted octanol–water partition coefficient (Wildman–Crippen LogP) is -2.02. The molecule has 0 bridgehead atoms. The number of rotatable bonds is 6. The molecule has 0 aromatic carbocycles. The van der Waals surface area contributed by atoms with Gasteiger partial charge in [0.25, 0.3) is 0 Å². The molecule has 4 rings (SSSR count).